The van der Waals surface area contributed by atoms with Crippen molar-refractivity contribution in [1.82, 2.24) is 4.90 Å². The summed E-state index contributed by atoms with van der Waals surface area (Å²) in [6.45, 7) is 4.22. The van der Waals surface area contributed by atoms with Crippen LogP contribution in [0.2, 0.25) is 0 Å². The third kappa shape index (κ3) is 3.23. The summed E-state index contributed by atoms with van der Waals surface area (Å²) in [5.41, 5.74) is -0.238. The Balaban J connectivity index is 1.79. The molecule has 0 bridgehead atoms. The molecule has 0 aromatic rings. The Morgan fingerprint density at radius 3 is 2.72 bits per heavy atom. The number of rotatable bonds is 2. The molecule has 1 amide bonds. The van der Waals surface area contributed by atoms with Crippen LogP contribution < -0.4 is 0 Å². The number of likely N-dealkylation sites (tertiary alicyclic amines) is 1. The number of carbonyl (C=O) groups excluding carboxylic acids is 1. The molecular weight excluding hydrogens is 228 g/mol. The van der Waals surface area contributed by atoms with E-state index in [-0.39, 0.29) is 17.4 Å². The van der Waals surface area contributed by atoms with E-state index < -0.39 is 0 Å². The fourth-order valence-corrected chi connectivity index (χ4v) is 2.65. The van der Waals surface area contributed by atoms with E-state index in [4.69, 9.17) is 10.00 Å². The minimum Gasteiger partial charge on any atom is -0.378 e. The first kappa shape index (κ1) is 13.4. The predicted octanol–water partition coefficient (Wildman–Crippen LogP) is 2.10. The second-order valence-corrected chi connectivity index (χ2v) is 5.75. The van der Waals surface area contributed by atoms with Gasteiger partial charge in [-0.1, -0.05) is 0 Å². The van der Waals surface area contributed by atoms with Gasteiger partial charge in [-0.25, -0.2) is 0 Å². The smallest absolute Gasteiger partial charge is 0.225 e. The Kier molecular flexibility index (Phi) is 4.23. The normalized spacial score (nSPS) is 27.6. The lowest BCUT2D eigenvalue weighted by Gasteiger charge is -2.35. The van der Waals surface area contributed by atoms with E-state index in [0.29, 0.717) is 6.42 Å². The van der Waals surface area contributed by atoms with E-state index in [9.17, 15) is 4.79 Å². The van der Waals surface area contributed by atoms with Crippen LogP contribution in [0.3, 0.4) is 0 Å². The zero-order chi connectivity index (χ0) is 13.0. The number of piperidine rings is 1. The van der Waals surface area contributed by atoms with Crippen molar-refractivity contribution in [3.8, 4) is 6.07 Å². The average molecular weight is 250 g/mol. The van der Waals surface area contributed by atoms with Crippen LogP contribution in [0.5, 0.6) is 0 Å². The molecule has 18 heavy (non-hydrogen) atoms. The summed E-state index contributed by atoms with van der Waals surface area (Å²) in [7, 11) is 0. The molecule has 2 aliphatic heterocycles. The molecule has 2 saturated heterocycles. The molecule has 0 N–H and O–H groups in total. The third-order valence-corrected chi connectivity index (χ3v) is 4.17. The van der Waals surface area contributed by atoms with Gasteiger partial charge in [0.2, 0.25) is 5.91 Å². The van der Waals surface area contributed by atoms with E-state index in [0.717, 1.165) is 45.4 Å². The van der Waals surface area contributed by atoms with E-state index in [1.54, 1.807) is 0 Å². The van der Waals surface area contributed by atoms with Crippen molar-refractivity contribution in [3.63, 3.8) is 0 Å². The molecule has 1 unspecified atom stereocenters. The van der Waals surface area contributed by atoms with Gasteiger partial charge in [0.25, 0.3) is 0 Å². The minimum atomic E-state index is -0.238. The largest absolute Gasteiger partial charge is 0.378 e. The van der Waals surface area contributed by atoms with Crippen molar-refractivity contribution in [3.05, 3.63) is 0 Å². The number of amides is 1. The van der Waals surface area contributed by atoms with Gasteiger partial charge in [-0.3, -0.25) is 4.79 Å². The summed E-state index contributed by atoms with van der Waals surface area (Å²) in [6.07, 6.45) is 5.52. The summed E-state index contributed by atoms with van der Waals surface area (Å²) < 4.78 is 5.60. The van der Waals surface area contributed by atoms with Crippen LogP contribution in [0.4, 0.5) is 0 Å². The number of carbonyl (C=O) groups is 1. The van der Waals surface area contributed by atoms with Crippen LogP contribution in [0.1, 0.15) is 45.4 Å². The zero-order valence-electron chi connectivity index (χ0n) is 11.2. The van der Waals surface area contributed by atoms with Crippen molar-refractivity contribution < 1.29 is 9.53 Å². The quantitative estimate of drug-likeness (QED) is 0.754. The predicted molar refractivity (Wildman–Crippen MR) is 67.7 cm³/mol. The highest BCUT2D eigenvalue weighted by Crippen LogP contribution is 2.30. The highest BCUT2D eigenvalue weighted by Gasteiger charge is 2.32. The monoisotopic (exact) mass is 250 g/mol. The lowest BCUT2D eigenvalue weighted by molar-refractivity contribution is -0.136. The minimum absolute atomic E-state index is 0.121. The molecule has 0 spiro atoms. The molecule has 0 aromatic carbocycles. The maximum Gasteiger partial charge on any atom is 0.225 e. The van der Waals surface area contributed by atoms with Gasteiger partial charge in [0.05, 0.1) is 24.0 Å². The lowest BCUT2D eigenvalue weighted by atomic mass is 9.82. The first-order chi connectivity index (χ1) is 8.63. The van der Waals surface area contributed by atoms with Crippen molar-refractivity contribution in [1.29, 1.82) is 5.26 Å². The Bertz CT molecular complexity index is 334. The van der Waals surface area contributed by atoms with E-state index in [1.165, 1.54) is 6.42 Å². The molecule has 0 aliphatic carbocycles. The summed E-state index contributed by atoms with van der Waals surface area (Å²) in [5.74, 6) is 0.196. The van der Waals surface area contributed by atoms with Crippen molar-refractivity contribution >= 4 is 5.91 Å². The molecule has 1 atom stereocenters. The summed E-state index contributed by atoms with van der Waals surface area (Å²) in [5, 5.41) is 9.06. The summed E-state index contributed by atoms with van der Waals surface area (Å²) >= 11 is 0. The van der Waals surface area contributed by atoms with Crippen LogP contribution in [0.15, 0.2) is 0 Å². The molecule has 0 aromatic heterocycles. The Hall–Kier alpha value is -1.08. The molecule has 2 aliphatic rings. The van der Waals surface area contributed by atoms with Gasteiger partial charge >= 0.3 is 0 Å². The standard InChI is InChI=1S/C14H22N2O2/c1-14(11-15)5-7-16(8-6-14)13(17)10-12-4-2-3-9-18-12/h12H,2-10H2,1H3. The van der Waals surface area contributed by atoms with Crippen molar-refractivity contribution in [2.75, 3.05) is 19.7 Å². The first-order valence-corrected chi connectivity index (χ1v) is 6.94. The second kappa shape index (κ2) is 5.71. The Labute approximate surface area is 109 Å². The Morgan fingerprint density at radius 1 is 1.44 bits per heavy atom. The highest BCUT2D eigenvalue weighted by molar-refractivity contribution is 5.76. The number of hydrogen-bond acceptors (Lipinski definition) is 3. The van der Waals surface area contributed by atoms with Crippen LogP contribution in [0, 0.1) is 16.7 Å². The lowest BCUT2D eigenvalue weighted by Crippen LogP contribution is -2.43. The topological polar surface area (TPSA) is 53.3 Å². The van der Waals surface area contributed by atoms with Gasteiger partial charge in [0, 0.05) is 19.7 Å². The summed E-state index contributed by atoms with van der Waals surface area (Å²) in [4.78, 5) is 14.0. The highest BCUT2D eigenvalue weighted by atomic mass is 16.5. The number of ether oxygens (including phenoxy) is 1. The third-order valence-electron chi connectivity index (χ3n) is 4.17. The van der Waals surface area contributed by atoms with E-state index in [1.807, 2.05) is 11.8 Å². The van der Waals surface area contributed by atoms with Gasteiger partial charge in [0.15, 0.2) is 0 Å². The van der Waals surface area contributed by atoms with Crippen LogP contribution >= 0.6 is 0 Å². The molecule has 4 heteroatoms. The average Bonchev–Trinajstić information content (AvgIpc) is 2.40. The number of nitrogens with zero attached hydrogens (tertiary/aromatic N) is 2. The maximum absolute atomic E-state index is 12.1. The van der Waals surface area contributed by atoms with Crippen LogP contribution in [0.25, 0.3) is 0 Å². The van der Waals surface area contributed by atoms with Crippen molar-refractivity contribution in [2.24, 2.45) is 5.41 Å². The SMILES string of the molecule is CC1(C#N)CCN(C(=O)CC2CCCCO2)CC1. The van der Waals surface area contributed by atoms with Gasteiger partial charge < -0.3 is 9.64 Å². The van der Waals surface area contributed by atoms with Gasteiger partial charge in [-0.2, -0.15) is 5.26 Å². The van der Waals surface area contributed by atoms with Gasteiger partial charge in [0.1, 0.15) is 0 Å². The van der Waals surface area contributed by atoms with Crippen LogP contribution in [-0.2, 0) is 9.53 Å². The molecule has 100 valence electrons. The zero-order valence-corrected chi connectivity index (χ0v) is 11.2. The second-order valence-electron chi connectivity index (χ2n) is 5.75. The maximum atomic E-state index is 12.1. The number of nitriles is 1. The molecule has 0 radical (unpaired) electrons. The molecule has 2 rings (SSSR count). The van der Waals surface area contributed by atoms with Crippen molar-refractivity contribution in [2.45, 2.75) is 51.6 Å². The first-order valence-electron chi connectivity index (χ1n) is 6.94. The fourth-order valence-electron chi connectivity index (χ4n) is 2.65. The Morgan fingerprint density at radius 2 is 2.17 bits per heavy atom. The molecule has 2 fully saturated rings. The molecule has 2 heterocycles. The van der Waals surface area contributed by atoms with Gasteiger partial charge in [-0.15, -0.1) is 0 Å². The molecule has 4 nitrogen and oxygen atoms in total. The van der Waals surface area contributed by atoms with E-state index >= 15 is 0 Å². The van der Waals surface area contributed by atoms with Crippen LogP contribution in [-0.4, -0.2) is 36.6 Å². The summed E-state index contributed by atoms with van der Waals surface area (Å²) in [6, 6.07) is 2.36. The van der Waals surface area contributed by atoms with E-state index in [2.05, 4.69) is 6.07 Å². The van der Waals surface area contributed by atoms with Gasteiger partial charge in [-0.05, 0) is 39.0 Å². The molecule has 0 saturated carbocycles. The fraction of sp³-hybridized carbons (Fsp3) is 0.857. The molecular formula is C14H22N2O2. The number of hydrogen-bond donors (Lipinski definition) is 0.